The summed E-state index contributed by atoms with van der Waals surface area (Å²) in [5.41, 5.74) is -7.34. The number of rotatable bonds is 25. The molecule has 128 heavy (non-hydrogen) atoms. The number of amides is 1. The van der Waals surface area contributed by atoms with Gasteiger partial charge in [0.2, 0.25) is 12.2 Å². The fraction of sp³-hybridized carbons (Fsp3) is 0.893. The minimum Gasteiger partial charge on any atom is -0.458 e. The van der Waals surface area contributed by atoms with E-state index < -0.39 is 334 Å². The van der Waals surface area contributed by atoms with E-state index in [1.807, 2.05) is 6.92 Å². The van der Waals surface area contributed by atoms with E-state index in [-0.39, 0.29) is 49.7 Å². The van der Waals surface area contributed by atoms with Crippen molar-refractivity contribution in [1.29, 1.82) is 0 Å². The van der Waals surface area contributed by atoms with Crippen LogP contribution in [0.25, 0.3) is 0 Å². The van der Waals surface area contributed by atoms with E-state index in [0.717, 1.165) is 5.57 Å². The van der Waals surface area contributed by atoms with E-state index in [1.54, 1.807) is 20.8 Å². The fourth-order valence-electron chi connectivity index (χ4n) is 22.5. The van der Waals surface area contributed by atoms with E-state index in [9.17, 15) is 127 Å². The van der Waals surface area contributed by atoms with Crippen LogP contribution < -0.4 is 5.32 Å². The Kier molecular flexibility index (Phi) is 30.9. The third-order valence-corrected chi connectivity index (χ3v) is 30.6. The second-order valence-electron chi connectivity index (χ2n) is 39.3. The first-order chi connectivity index (χ1) is 59.8. The molecule has 24 N–H and O–H groups in total. The van der Waals surface area contributed by atoms with Crippen LogP contribution in [-0.4, -0.2) is 413 Å². The number of carbonyl (C=O) groups excluding carboxylic acids is 3. The van der Waals surface area contributed by atoms with Crippen molar-refractivity contribution < 1.29 is 212 Å². The van der Waals surface area contributed by atoms with Crippen LogP contribution in [-0.2, 0) is 94.9 Å². The highest BCUT2D eigenvalue weighted by molar-refractivity contribution is 5.89. The van der Waals surface area contributed by atoms with Gasteiger partial charge in [0.15, 0.2) is 69.0 Å². The Labute approximate surface area is 737 Å². The van der Waals surface area contributed by atoms with Gasteiger partial charge in [0.1, 0.15) is 152 Å². The molecule has 8 aliphatic heterocycles. The van der Waals surface area contributed by atoms with E-state index in [4.69, 9.17) is 80.5 Å². The van der Waals surface area contributed by atoms with Gasteiger partial charge in [-0.25, -0.2) is 4.79 Å². The largest absolute Gasteiger partial charge is 0.458 e. The van der Waals surface area contributed by atoms with Crippen molar-refractivity contribution in [2.24, 2.45) is 50.2 Å². The highest BCUT2D eigenvalue weighted by atomic mass is 16.8. The molecule has 1 amide bonds. The quantitative estimate of drug-likeness (QED) is 0.0175. The van der Waals surface area contributed by atoms with Crippen molar-refractivity contribution in [3.05, 3.63) is 36.0 Å². The standard InChI is InChI=1S/C84H133NO43/c1-13-80(9,128-71-57(103)47(93)37(89)28-113-71)20-14-15-33(26-86)65(107)118-43-25-84(77(111)127-76-64(52(98)54(100)67(109)126-76)123-74-60(106)62(121-72-58(104)50(96)53(99)66(108)124-72)61(31(3)116-74)120-73-59(105)55(101)68(110)125-73)35(23-78(43,5)6)34-16-17-40-81(10)21-19-42(79(7,8)39(81)18-22-82(40,11)83(34,12)24-41(84)90)119-69-44(85-32(4)87)49(95)48(94)38(117-69)29-114-75-63(51(97)45(91)30(2)115-75)122-70-56(102)46(92)36(88)27-112-70/h13,15-16,30-31,35-64,66-76,86,88-106,108-110H,1,14,17-29H2,2-12H3,(H,85,87)/b33-15+/t30-,31+,35-,36-,37-,38-,39-,40-,41-,42-,43-,44-,45+,46+,47+,48-,49-,50+,51+,52+,53+,54+,55-,56-,57-,58-,59-,60-,61+,62+,63-,64-,66+,67+,68-,69+,70+,71+,72-,73-,74+,75-,76+,80-,81-,82-,83-,84-/m1/s1. The van der Waals surface area contributed by atoms with Gasteiger partial charge in [0.05, 0.1) is 62.0 Å². The third-order valence-electron chi connectivity index (χ3n) is 30.6. The highest BCUT2D eigenvalue weighted by Gasteiger charge is 2.74. The lowest BCUT2D eigenvalue weighted by Crippen LogP contribution is -2.70. The van der Waals surface area contributed by atoms with Crippen LogP contribution in [0.4, 0.5) is 0 Å². The molecule has 12 fully saturated rings. The summed E-state index contributed by atoms with van der Waals surface area (Å²) in [6.07, 6.45) is -64.3. The number of hydrogen-bond donors (Lipinski definition) is 24. The second-order valence-corrected chi connectivity index (χ2v) is 39.3. The lowest BCUT2D eigenvalue weighted by Gasteiger charge is -2.72. The Hall–Kier alpha value is -3.89. The molecule has 8 saturated heterocycles. The molecular weight excluding hydrogens is 1710 g/mol. The maximum atomic E-state index is 16.6. The van der Waals surface area contributed by atoms with Gasteiger partial charge in [-0.05, 0) is 118 Å². The molecule has 4 saturated carbocycles. The van der Waals surface area contributed by atoms with Gasteiger partial charge in [-0.15, -0.1) is 6.58 Å². The van der Waals surface area contributed by atoms with Gasteiger partial charge in [0, 0.05) is 18.8 Å². The molecule has 5 aliphatic carbocycles. The van der Waals surface area contributed by atoms with Crippen molar-refractivity contribution in [2.45, 2.75) is 392 Å². The molecule has 48 atom stereocenters. The topological polar surface area (TPSA) is 685 Å². The molecule has 44 nitrogen and oxygen atoms in total. The molecule has 13 rings (SSSR count). The number of aliphatic hydroxyl groups excluding tert-OH is 23. The van der Waals surface area contributed by atoms with Crippen molar-refractivity contribution in [2.75, 3.05) is 26.4 Å². The van der Waals surface area contributed by atoms with Crippen molar-refractivity contribution in [1.82, 2.24) is 5.32 Å². The Morgan fingerprint density at radius 3 is 1.67 bits per heavy atom. The Balaban J connectivity index is 0.790. The average molecular weight is 1840 g/mol. The number of nitrogens with one attached hydrogen (secondary N) is 1. The maximum absolute atomic E-state index is 16.6. The monoisotopic (exact) mass is 1840 g/mol. The molecule has 0 bridgehead atoms. The van der Waals surface area contributed by atoms with Crippen LogP contribution in [0.3, 0.4) is 0 Å². The third kappa shape index (κ3) is 18.7. The van der Waals surface area contributed by atoms with Gasteiger partial charge in [-0.1, -0.05) is 72.3 Å². The molecule has 44 heteroatoms. The van der Waals surface area contributed by atoms with Gasteiger partial charge in [0.25, 0.3) is 0 Å². The second kappa shape index (κ2) is 38.9. The zero-order chi connectivity index (χ0) is 94.0. The first-order valence-electron chi connectivity index (χ1n) is 43.9. The van der Waals surface area contributed by atoms with Crippen LogP contribution in [0.1, 0.15) is 140 Å². The summed E-state index contributed by atoms with van der Waals surface area (Å²) in [6, 6.07) is -1.37. The van der Waals surface area contributed by atoms with Crippen molar-refractivity contribution in [3.63, 3.8) is 0 Å². The highest BCUT2D eigenvalue weighted by Crippen LogP contribution is 2.76. The molecule has 0 unspecified atom stereocenters. The van der Waals surface area contributed by atoms with Crippen molar-refractivity contribution >= 4 is 17.8 Å². The van der Waals surface area contributed by atoms with Crippen LogP contribution in [0.15, 0.2) is 36.0 Å². The summed E-state index contributed by atoms with van der Waals surface area (Å²) in [5.74, 6) is -4.37. The van der Waals surface area contributed by atoms with E-state index in [0.29, 0.717) is 32.1 Å². The molecule has 0 aromatic heterocycles. The number of ether oxygens (including phenoxy) is 17. The van der Waals surface area contributed by atoms with Gasteiger partial charge >= 0.3 is 11.9 Å². The summed E-state index contributed by atoms with van der Waals surface area (Å²) in [7, 11) is 0. The van der Waals surface area contributed by atoms with Gasteiger partial charge < -0.3 is 203 Å². The minimum atomic E-state index is -2.38. The van der Waals surface area contributed by atoms with E-state index >= 15 is 4.79 Å². The van der Waals surface area contributed by atoms with Crippen LogP contribution >= 0.6 is 0 Å². The number of esters is 2. The molecule has 0 aromatic rings. The summed E-state index contributed by atoms with van der Waals surface area (Å²) in [6.45, 7) is 21.1. The molecular formula is C84H133NO43. The van der Waals surface area contributed by atoms with E-state index in [1.165, 1.54) is 32.9 Å². The molecule has 0 spiro atoms. The fourth-order valence-corrected chi connectivity index (χ4v) is 22.5. The number of carbonyl (C=O) groups is 3. The summed E-state index contributed by atoms with van der Waals surface area (Å²) in [5, 5.41) is 257. The molecule has 8 heterocycles. The van der Waals surface area contributed by atoms with Gasteiger partial charge in [-0.3, -0.25) is 9.59 Å². The molecule has 0 aromatic carbocycles. The minimum absolute atomic E-state index is 0.0186. The first-order valence-corrected chi connectivity index (χ1v) is 43.9. The van der Waals surface area contributed by atoms with Crippen molar-refractivity contribution in [3.8, 4) is 0 Å². The molecule has 0 radical (unpaired) electrons. The number of hydrogen-bond acceptors (Lipinski definition) is 43. The summed E-state index contributed by atoms with van der Waals surface area (Å²) < 4.78 is 102. The Morgan fingerprint density at radius 1 is 0.523 bits per heavy atom. The summed E-state index contributed by atoms with van der Waals surface area (Å²) in [4.78, 5) is 44.4. The van der Waals surface area contributed by atoms with Crippen LogP contribution in [0.2, 0.25) is 0 Å². The zero-order valence-electron chi connectivity index (χ0n) is 73.1. The molecule has 13 aliphatic rings. The first kappa shape index (κ1) is 102. The summed E-state index contributed by atoms with van der Waals surface area (Å²) >= 11 is 0. The average Bonchev–Trinajstić information content (AvgIpc) is 0.703. The number of aliphatic hydroxyl groups is 23. The SMILES string of the molecule is C=C[C@](C)(CC/C=C(\CO)C(=O)O[C@@H]1C[C@]2(C(=O)O[C@@H]3O[C@H](O)[C@@H](O)[C@H](O)[C@H]3O[C@@H]3O[C@@H](C)[C@H](O[C@@H]4O[C@@H](O)[C@H](O)[C@H]4O)[C@@H](O[C@@H]4O[C@H](O)[C@@H](O)[C@H](O)[C@H]4O)[C@H]3O)[C@H](O)C[C@]3(C)C(=CC[C@@H]4[C@]5(C)CC[C@@H](O[C@@H]6O[C@H](CO[C@@H]7O[C@H](C)[C@H](O)[C@H](O)[C@H]7O[C@@H]7OC[C@@H](O)[C@H](O)[C@H]7O)[C@@H](O)[C@H](O)[C@H]6NC(C)=O)C(C)(C)[C@H]5CC[C@]43C)[C@H]2CC1(C)C)O[C@@H]1OC[C@@H](O)[C@H](O)[C@H]1O. The van der Waals surface area contributed by atoms with Crippen LogP contribution in [0.5, 0.6) is 0 Å². The maximum Gasteiger partial charge on any atom is 0.336 e. The zero-order valence-corrected chi connectivity index (χ0v) is 73.1. The van der Waals surface area contributed by atoms with Gasteiger partial charge in [-0.2, -0.15) is 0 Å². The lowest BCUT2D eigenvalue weighted by atomic mass is 9.33. The molecule has 732 valence electrons. The number of fused-ring (bicyclic) bond motifs is 7. The lowest BCUT2D eigenvalue weighted by molar-refractivity contribution is -0.404. The Morgan fingerprint density at radius 2 is 1.06 bits per heavy atom. The Bertz CT molecular complexity index is 3890. The predicted octanol–water partition coefficient (Wildman–Crippen LogP) is -7.62. The normalized spacial score (nSPS) is 51.3. The predicted molar refractivity (Wildman–Crippen MR) is 421 cm³/mol. The van der Waals surface area contributed by atoms with E-state index in [2.05, 4.69) is 45.7 Å². The number of allylic oxidation sites excluding steroid dienone is 3. The van der Waals surface area contributed by atoms with Crippen LogP contribution in [0, 0.1) is 50.2 Å². The smallest absolute Gasteiger partial charge is 0.336 e.